The van der Waals surface area contributed by atoms with E-state index >= 15 is 0 Å². The van der Waals surface area contributed by atoms with Gasteiger partial charge in [0.25, 0.3) is 0 Å². The van der Waals surface area contributed by atoms with Crippen molar-refractivity contribution in [2.45, 2.75) is 91.4 Å². The molecular weight excluding hydrogens is 216 g/mol. The molecule has 0 aromatic heterocycles. The third-order valence-corrected chi connectivity index (χ3v) is 4.74. The molecule has 0 heteroatoms. The first-order chi connectivity index (χ1) is 8.74. The topological polar surface area (TPSA) is 0 Å². The van der Waals surface area contributed by atoms with Crippen LogP contribution in [0.3, 0.4) is 0 Å². The normalized spacial score (nSPS) is 18.7. The molecular formula is C18H34. The summed E-state index contributed by atoms with van der Waals surface area (Å²) in [6.07, 6.45) is 18.1. The van der Waals surface area contributed by atoms with Crippen molar-refractivity contribution < 1.29 is 0 Å². The van der Waals surface area contributed by atoms with Crippen LogP contribution in [0.5, 0.6) is 0 Å². The molecule has 0 heterocycles. The zero-order valence-electron chi connectivity index (χ0n) is 13.0. The lowest BCUT2D eigenvalue weighted by Gasteiger charge is -2.31. The molecule has 1 saturated carbocycles. The molecule has 0 N–H and O–H groups in total. The van der Waals surface area contributed by atoms with Gasteiger partial charge in [0.15, 0.2) is 0 Å². The van der Waals surface area contributed by atoms with E-state index in [1.54, 1.807) is 5.57 Å². The van der Waals surface area contributed by atoms with Crippen molar-refractivity contribution in [2.24, 2.45) is 11.8 Å². The Hall–Kier alpha value is -0.260. The van der Waals surface area contributed by atoms with Crippen molar-refractivity contribution in [1.29, 1.82) is 0 Å². The fraction of sp³-hybridized carbons (Fsp3) is 0.889. The van der Waals surface area contributed by atoms with E-state index in [0.29, 0.717) is 0 Å². The summed E-state index contributed by atoms with van der Waals surface area (Å²) in [5.41, 5.74) is 1.62. The molecule has 0 spiro atoms. The van der Waals surface area contributed by atoms with Crippen molar-refractivity contribution in [3.8, 4) is 0 Å². The number of hydrogen-bond acceptors (Lipinski definition) is 0. The first-order valence-electron chi connectivity index (χ1n) is 8.39. The predicted octanol–water partition coefficient (Wildman–Crippen LogP) is 6.51. The van der Waals surface area contributed by atoms with E-state index < -0.39 is 0 Å². The summed E-state index contributed by atoms with van der Waals surface area (Å²) in [5, 5.41) is 0. The average molecular weight is 250 g/mol. The van der Waals surface area contributed by atoms with Crippen molar-refractivity contribution in [1.82, 2.24) is 0 Å². The summed E-state index contributed by atoms with van der Waals surface area (Å²) in [6.45, 7) is 7.06. The van der Waals surface area contributed by atoms with E-state index in [-0.39, 0.29) is 0 Å². The van der Waals surface area contributed by atoms with Gasteiger partial charge in [-0.15, -0.1) is 0 Å². The van der Waals surface area contributed by atoms with Crippen LogP contribution in [0, 0.1) is 11.8 Å². The lowest BCUT2D eigenvalue weighted by atomic mass is 9.75. The van der Waals surface area contributed by atoms with Crippen molar-refractivity contribution >= 4 is 0 Å². The number of hydrogen-bond donors (Lipinski definition) is 0. The molecule has 1 atom stereocenters. The molecule has 0 amide bonds. The van der Waals surface area contributed by atoms with Crippen LogP contribution >= 0.6 is 0 Å². The molecule has 1 rings (SSSR count). The van der Waals surface area contributed by atoms with Crippen LogP contribution in [-0.2, 0) is 0 Å². The van der Waals surface area contributed by atoms with Gasteiger partial charge in [-0.2, -0.15) is 0 Å². The highest BCUT2D eigenvalue weighted by atomic mass is 14.3. The zero-order valence-corrected chi connectivity index (χ0v) is 13.0. The summed E-state index contributed by atoms with van der Waals surface area (Å²) < 4.78 is 0. The molecule has 18 heavy (non-hydrogen) atoms. The van der Waals surface area contributed by atoms with Crippen molar-refractivity contribution in [3.63, 3.8) is 0 Å². The SMILES string of the molecule is CCCCCC(C)=CCCCCC(C)C1CCC1. The number of rotatable bonds is 10. The standard InChI is InChI=1S/C18H34/c1-4-5-7-11-16(2)12-8-6-9-13-17(3)18-14-10-15-18/h12,17-18H,4-11,13-15H2,1-3H3. The predicted molar refractivity (Wildman–Crippen MR) is 82.9 cm³/mol. The fourth-order valence-corrected chi connectivity index (χ4v) is 2.96. The minimum absolute atomic E-state index is 0.994. The lowest BCUT2D eigenvalue weighted by Crippen LogP contribution is -2.19. The second kappa shape index (κ2) is 9.64. The van der Waals surface area contributed by atoms with Gasteiger partial charge < -0.3 is 0 Å². The highest BCUT2D eigenvalue weighted by Gasteiger charge is 2.22. The van der Waals surface area contributed by atoms with Gasteiger partial charge in [-0.05, 0) is 44.4 Å². The van der Waals surface area contributed by atoms with Gasteiger partial charge in [0, 0.05) is 0 Å². The van der Waals surface area contributed by atoms with Crippen LogP contribution in [0.4, 0.5) is 0 Å². The molecule has 106 valence electrons. The van der Waals surface area contributed by atoms with Gasteiger partial charge >= 0.3 is 0 Å². The van der Waals surface area contributed by atoms with Crippen LogP contribution in [0.1, 0.15) is 91.4 Å². The van der Waals surface area contributed by atoms with Gasteiger partial charge in [-0.25, -0.2) is 0 Å². The second-order valence-electron chi connectivity index (χ2n) is 6.46. The maximum absolute atomic E-state index is 2.49. The summed E-state index contributed by atoms with van der Waals surface area (Å²) in [4.78, 5) is 0. The van der Waals surface area contributed by atoms with Gasteiger partial charge in [0.05, 0.1) is 0 Å². The van der Waals surface area contributed by atoms with E-state index in [2.05, 4.69) is 26.8 Å². The quantitative estimate of drug-likeness (QED) is 0.306. The summed E-state index contributed by atoms with van der Waals surface area (Å²) in [6, 6.07) is 0. The first-order valence-corrected chi connectivity index (χ1v) is 8.39. The minimum atomic E-state index is 0.994. The van der Waals surface area contributed by atoms with E-state index in [0.717, 1.165) is 11.8 Å². The highest BCUT2D eigenvalue weighted by Crippen LogP contribution is 2.35. The van der Waals surface area contributed by atoms with E-state index in [1.807, 2.05) is 0 Å². The Morgan fingerprint density at radius 1 is 1.17 bits per heavy atom. The summed E-state index contributed by atoms with van der Waals surface area (Å²) >= 11 is 0. The van der Waals surface area contributed by atoms with E-state index in [9.17, 15) is 0 Å². The molecule has 0 aliphatic heterocycles. The maximum Gasteiger partial charge on any atom is -0.0323 e. The number of allylic oxidation sites excluding steroid dienone is 2. The Morgan fingerprint density at radius 3 is 2.56 bits per heavy atom. The molecule has 0 radical (unpaired) electrons. The van der Waals surface area contributed by atoms with Crippen molar-refractivity contribution in [2.75, 3.05) is 0 Å². The van der Waals surface area contributed by atoms with Gasteiger partial charge in [0.1, 0.15) is 0 Å². The largest absolute Gasteiger partial charge is 0.0856 e. The highest BCUT2D eigenvalue weighted by molar-refractivity contribution is 4.97. The zero-order chi connectivity index (χ0) is 13.2. The second-order valence-corrected chi connectivity index (χ2v) is 6.46. The molecule has 1 unspecified atom stereocenters. The van der Waals surface area contributed by atoms with Gasteiger partial charge in [-0.3, -0.25) is 0 Å². The Labute approximate surface area is 115 Å². The molecule has 0 aromatic rings. The monoisotopic (exact) mass is 250 g/mol. The Balaban J connectivity index is 1.94. The molecule has 0 aromatic carbocycles. The lowest BCUT2D eigenvalue weighted by molar-refractivity contribution is 0.207. The molecule has 1 aliphatic rings. The molecule has 0 saturated heterocycles. The van der Waals surface area contributed by atoms with Gasteiger partial charge in [0.2, 0.25) is 0 Å². The van der Waals surface area contributed by atoms with Crippen LogP contribution in [-0.4, -0.2) is 0 Å². The fourth-order valence-electron chi connectivity index (χ4n) is 2.96. The van der Waals surface area contributed by atoms with Gasteiger partial charge in [-0.1, -0.05) is 70.4 Å². The Bertz CT molecular complexity index is 222. The van der Waals surface area contributed by atoms with Crippen LogP contribution in [0.25, 0.3) is 0 Å². The summed E-state index contributed by atoms with van der Waals surface area (Å²) in [5.74, 6) is 2.07. The maximum atomic E-state index is 2.49. The van der Waals surface area contributed by atoms with E-state index in [4.69, 9.17) is 0 Å². The van der Waals surface area contributed by atoms with Crippen molar-refractivity contribution in [3.05, 3.63) is 11.6 Å². The Morgan fingerprint density at radius 2 is 1.94 bits per heavy atom. The summed E-state index contributed by atoms with van der Waals surface area (Å²) in [7, 11) is 0. The smallest absolute Gasteiger partial charge is 0.0323 e. The molecule has 1 fully saturated rings. The first kappa shape index (κ1) is 15.8. The third-order valence-electron chi connectivity index (χ3n) is 4.74. The molecule has 1 aliphatic carbocycles. The van der Waals surface area contributed by atoms with Crippen LogP contribution in [0.2, 0.25) is 0 Å². The average Bonchev–Trinajstić information content (AvgIpc) is 2.26. The number of unbranched alkanes of at least 4 members (excludes halogenated alkanes) is 4. The Kier molecular flexibility index (Phi) is 8.46. The minimum Gasteiger partial charge on any atom is -0.0856 e. The molecule has 0 bridgehead atoms. The van der Waals surface area contributed by atoms with E-state index in [1.165, 1.54) is 70.6 Å². The third kappa shape index (κ3) is 6.61. The van der Waals surface area contributed by atoms with Crippen LogP contribution < -0.4 is 0 Å². The molecule has 0 nitrogen and oxygen atoms in total. The van der Waals surface area contributed by atoms with Crippen LogP contribution in [0.15, 0.2) is 11.6 Å².